The van der Waals surface area contributed by atoms with Crippen LogP contribution in [0.5, 0.6) is 0 Å². The van der Waals surface area contributed by atoms with Gasteiger partial charge in [-0.1, -0.05) is 11.8 Å². The lowest BCUT2D eigenvalue weighted by Crippen LogP contribution is -2.26. The molecule has 0 spiro atoms. The molecule has 2 heterocycles. The lowest BCUT2D eigenvalue weighted by atomic mass is 10.3. The van der Waals surface area contributed by atoms with Gasteiger partial charge in [-0.15, -0.1) is 0 Å². The van der Waals surface area contributed by atoms with Crippen LogP contribution in [0.4, 0.5) is 5.69 Å². The van der Waals surface area contributed by atoms with Gasteiger partial charge in [0, 0.05) is 31.2 Å². The van der Waals surface area contributed by atoms with E-state index in [0.717, 1.165) is 4.31 Å². The molecule has 0 atom stereocenters. The van der Waals surface area contributed by atoms with E-state index in [1.165, 1.54) is 31.7 Å². The van der Waals surface area contributed by atoms with E-state index in [9.17, 15) is 8.42 Å². The molecular formula is C14H14N4O2S. The van der Waals surface area contributed by atoms with Crippen molar-refractivity contribution in [2.24, 2.45) is 5.73 Å². The number of nitrogens with two attached hydrogens (primary N) is 1. The monoisotopic (exact) mass is 302 g/mol. The van der Waals surface area contributed by atoms with Crippen LogP contribution in [-0.4, -0.2) is 32.0 Å². The molecule has 0 fully saturated rings. The Kier molecular flexibility index (Phi) is 4.52. The third-order valence-electron chi connectivity index (χ3n) is 2.72. The molecule has 6 nitrogen and oxygen atoms in total. The van der Waals surface area contributed by atoms with Crippen LogP contribution < -0.4 is 10.0 Å². The molecular weight excluding hydrogens is 288 g/mol. The van der Waals surface area contributed by atoms with Gasteiger partial charge in [-0.25, -0.2) is 8.42 Å². The predicted octanol–water partition coefficient (Wildman–Crippen LogP) is 0.612. The summed E-state index contributed by atoms with van der Waals surface area (Å²) in [5, 5.41) is 0. The van der Waals surface area contributed by atoms with Gasteiger partial charge in [0.2, 0.25) is 0 Å². The second-order valence-electron chi connectivity index (χ2n) is 4.10. The summed E-state index contributed by atoms with van der Waals surface area (Å²) in [5.74, 6) is 5.43. The van der Waals surface area contributed by atoms with Gasteiger partial charge in [0.1, 0.15) is 4.90 Å². The van der Waals surface area contributed by atoms with Gasteiger partial charge in [0.05, 0.1) is 18.4 Å². The molecule has 0 aliphatic rings. The van der Waals surface area contributed by atoms with E-state index >= 15 is 0 Å². The smallest absolute Gasteiger partial charge is 0.265 e. The summed E-state index contributed by atoms with van der Waals surface area (Å²) in [6.45, 7) is 0.201. The van der Waals surface area contributed by atoms with Crippen LogP contribution in [0.25, 0.3) is 0 Å². The molecule has 0 saturated carbocycles. The van der Waals surface area contributed by atoms with Crippen molar-refractivity contribution < 1.29 is 8.42 Å². The SMILES string of the molecule is CN(c1cccnc1)S(=O)(=O)c1cncc(C#CCN)c1. The van der Waals surface area contributed by atoms with Crippen LogP contribution >= 0.6 is 0 Å². The average Bonchev–Trinajstić information content (AvgIpc) is 2.53. The standard InChI is InChI=1S/C14H14N4O2S/c1-18(13-5-3-7-16-10-13)21(19,20)14-8-12(4-2-6-15)9-17-11-14/h3,5,7-11H,6,15H2,1H3. The molecule has 0 radical (unpaired) electrons. The fourth-order valence-electron chi connectivity index (χ4n) is 1.62. The van der Waals surface area contributed by atoms with E-state index in [0.29, 0.717) is 11.3 Å². The maximum atomic E-state index is 12.5. The quantitative estimate of drug-likeness (QED) is 0.839. The maximum Gasteiger partial charge on any atom is 0.265 e. The molecule has 108 valence electrons. The van der Waals surface area contributed by atoms with Crippen LogP contribution in [0.1, 0.15) is 5.56 Å². The highest BCUT2D eigenvalue weighted by molar-refractivity contribution is 7.92. The van der Waals surface area contributed by atoms with E-state index in [4.69, 9.17) is 5.73 Å². The summed E-state index contributed by atoms with van der Waals surface area (Å²) in [4.78, 5) is 7.90. The van der Waals surface area contributed by atoms with Gasteiger partial charge in [0.25, 0.3) is 10.0 Å². The zero-order valence-corrected chi connectivity index (χ0v) is 12.2. The molecule has 0 aliphatic carbocycles. The fraction of sp³-hybridized carbons (Fsp3) is 0.143. The Morgan fingerprint density at radius 2 is 2.10 bits per heavy atom. The van der Waals surface area contributed by atoms with Crippen LogP contribution in [0.2, 0.25) is 0 Å². The van der Waals surface area contributed by atoms with Gasteiger partial charge >= 0.3 is 0 Å². The first-order chi connectivity index (χ1) is 10.1. The molecule has 0 unspecified atom stereocenters. The van der Waals surface area contributed by atoms with E-state index in [1.807, 2.05) is 0 Å². The third kappa shape index (κ3) is 3.37. The first kappa shape index (κ1) is 15.0. The number of anilines is 1. The van der Waals surface area contributed by atoms with Crippen molar-refractivity contribution in [3.8, 4) is 11.8 Å². The molecule has 2 rings (SSSR count). The summed E-state index contributed by atoms with van der Waals surface area (Å²) in [6, 6.07) is 4.80. The first-order valence-electron chi connectivity index (χ1n) is 6.08. The highest BCUT2D eigenvalue weighted by Crippen LogP contribution is 2.20. The van der Waals surface area contributed by atoms with E-state index in [1.54, 1.807) is 18.3 Å². The van der Waals surface area contributed by atoms with Crippen LogP contribution in [-0.2, 0) is 10.0 Å². The van der Waals surface area contributed by atoms with Gasteiger partial charge in [-0.2, -0.15) is 0 Å². The average molecular weight is 302 g/mol. The number of rotatable bonds is 3. The van der Waals surface area contributed by atoms with Crippen molar-refractivity contribution in [1.82, 2.24) is 9.97 Å². The second-order valence-corrected chi connectivity index (χ2v) is 6.07. The molecule has 7 heteroatoms. The Labute approximate surface area is 123 Å². The molecule has 0 saturated heterocycles. The Bertz CT molecular complexity index is 779. The molecule has 0 aliphatic heterocycles. The Balaban J connectivity index is 2.40. The Morgan fingerprint density at radius 1 is 1.29 bits per heavy atom. The lowest BCUT2D eigenvalue weighted by molar-refractivity contribution is 0.594. The van der Waals surface area contributed by atoms with Crippen LogP contribution in [0, 0.1) is 11.8 Å². The van der Waals surface area contributed by atoms with E-state index in [2.05, 4.69) is 21.8 Å². The lowest BCUT2D eigenvalue weighted by Gasteiger charge is -2.18. The largest absolute Gasteiger partial charge is 0.320 e. The number of hydrogen-bond acceptors (Lipinski definition) is 5. The Morgan fingerprint density at radius 3 is 2.76 bits per heavy atom. The topological polar surface area (TPSA) is 89.2 Å². The molecule has 0 aromatic carbocycles. The zero-order chi connectivity index (χ0) is 15.3. The third-order valence-corrected chi connectivity index (χ3v) is 4.47. The maximum absolute atomic E-state index is 12.5. The number of sulfonamides is 1. The van der Waals surface area contributed by atoms with E-state index < -0.39 is 10.0 Å². The molecule has 0 bridgehead atoms. The minimum atomic E-state index is -3.71. The summed E-state index contributed by atoms with van der Waals surface area (Å²) in [5.41, 5.74) is 6.27. The van der Waals surface area contributed by atoms with Gasteiger partial charge in [-0.05, 0) is 18.2 Å². The van der Waals surface area contributed by atoms with Gasteiger partial charge < -0.3 is 5.73 Å². The zero-order valence-electron chi connectivity index (χ0n) is 11.4. The van der Waals surface area contributed by atoms with E-state index in [-0.39, 0.29) is 11.4 Å². The van der Waals surface area contributed by atoms with Crippen molar-refractivity contribution in [3.05, 3.63) is 48.5 Å². The summed E-state index contributed by atoms with van der Waals surface area (Å²) in [7, 11) is -2.24. The Hall–Kier alpha value is -2.43. The summed E-state index contributed by atoms with van der Waals surface area (Å²) in [6.07, 6.45) is 5.83. The number of nitrogens with zero attached hydrogens (tertiary/aromatic N) is 3. The molecule has 2 N–H and O–H groups in total. The molecule has 2 aromatic heterocycles. The normalized spacial score (nSPS) is 10.6. The number of hydrogen-bond donors (Lipinski definition) is 1. The number of pyridine rings is 2. The van der Waals surface area contributed by atoms with Gasteiger partial charge in [0.15, 0.2) is 0 Å². The van der Waals surface area contributed by atoms with Crippen LogP contribution in [0.3, 0.4) is 0 Å². The highest BCUT2D eigenvalue weighted by Gasteiger charge is 2.22. The number of aromatic nitrogens is 2. The predicted molar refractivity (Wildman–Crippen MR) is 80.0 cm³/mol. The fourth-order valence-corrected chi connectivity index (χ4v) is 2.79. The first-order valence-corrected chi connectivity index (χ1v) is 7.52. The molecule has 2 aromatic rings. The second kappa shape index (κ2) is 6.35. The minimum Gasteiger partial charge on any atom is -0.320 e. The van der Waals surface area contributed by atoms with Gasteiger partial charge in [-0.3, -0.25) is 14.3 Å². The van der Waals surface area contributed by atoms with Crippen molar-refractivity contribution in [2.45, 2.75) is 4.90 Å². The molecule has 21 heavy (non-hydrogen) atoms. The highest BCUT2D eigenvalue weighted by atomic mass is 32.2. The summed E-state index contributed by atoms with van der Waals surface area (Å²) >= 11 is 0. The minimum absolute atomic E-state index is 0.0673. The van der Waals surface area contributed by atoms with Crippen molar-refractivity contribution in [2.75, 3.05) is 17.9 Å². The van der Waals surface area contributed by atoms with Crippen molar-refractivity contribution in [3.63, 3.8) is 0 Å². The molecule has 0 amide bonds. The van der Waals surface area contributed by atoms with Crippen molar-refractivity contribution in [1.29, 1.82) is 0 Å². The summed E-state index contributed by atoms with van der Waals surface area (Å²) < 4.78 is 26.2. The van der Waals surface area contributed by atoms with Crippen molar-refractivity contribution >= 4 is 15.7 Å². The van der Waals surface area contributed by atoms with Crippen LogP contribution in [0.15, 0.2) is 47.9 Å².